The van der Waals surface area contributed by atoms with Crippen LogP contribution in [0.2, 0.25) is 5.02 Å². The molecule has 1 aliphatic rings. The largest absolute Gasteiger partial charge is 0.468 e. The van der Waals surface area contributed by atoms with Gasteiger partial charge in [0.05, 0.1) is 7.11 Å². The number of carbonyl (C=O) groups excluding carboxylic acids is 2. The number of thioether (sulfide) groups is 1. The van der Waals surface area contributed by atoms with E-state index in [4.69, 9.17) is 20.8 Å². The monoisotopic (exact) mass is 339 g/mol. The number of ether oxygens (including phenoxy) is 1. The lowest BCUT2D eigenvalue weighted by molar-refractivity contribution is -0.140. The van der Waals surface area contributed by atoms with Gasteiger partial charge in [-0.3, -0.25) is 9.59 Å². The number of fused-ring (bicyclic) bond motifs is 1. The number of furan rings is 1. The third-order valence-corrected chi connectivity index (χ3v) is 4.90. The van der Waals surface area contributed by atoms with Crippen LogP contribution in [0.3, 0.4) is 0 Å². The number of benzene rings is 1. The van der Waals surface area contributed by atoms with Crippen molar-refractivity contribution < 1.29 is 18.7 Å². The number of methoxy groups -OCH3 is 1. The molecule has 0 bridgehead atoms. The van der Waals surface area contributed by atoms with Crippen molar-refractivity contribution in [2.24, 2.45) is 0 Å². The molecule has 1 aliphatic heterocycles. The van der Waals surface area contributed by atoms with Crippen LogP contribution in [0.15, 0.2) is 28.7 Å². The fraction of sp³-hybridized carbons (Fsp3) is 0.333. The average molecular weight is 340 g/mol. The normalized spacial score (nSPS) is 18.5. The van der Waals surface area contributed by atoms with Crippen LogP contribution in [0.5, 0.6) is 0 Å². The molecule has 1 fully saturated rings. The molecule has 0 N–H and O–H groups in total. The van der Waals surface area contributed by atoms with Crippen LogP contribution >= 0.6 is 23.4 Å². The van der Waals surface area contributed by atoms with Crippen LogP contribution in [-0.2, 0) is 9.53 Å². The van der Waals surface area contributed by atoms with Crippen molar-refractivity contribution in [2.75, 3.05) is 26.0 Å². The molecule has 1 amide bonds. The number of hydrogen-bond donors (Lipinski definition) is 0. The fourth-order valence-corrected chi connectivity index (χ4v) is 3.69. The van der Waals surface area contributed by atoms with E-state index in [1.807, 2.05) is 0 Å². The van der Waals surface area contributed by atoms with E-state index < -0.39 is 0 Å². The lowest BCUT2D eigenvalue weighted by Gasteiger charge is -2.30. The minimum atomic E-state index is -0.346. The van der Waals surface area contributed by atoms with Crippen molar-refractivity contribution in [3.8, 4) is 0 Å². The molecule has 1 aromatic carbocycles. The molecule has 0 spiro atoms. The molecule has 3 rings (SSSR count). The van der Waals surface area contributed by atoms with Crippen molar-refractivity contribution in [3.05, 3.63) is 35.0 Å². The van der Waals surface area contributed by atoms with E-state index in [1.54, 1.807) is 29.2 Å². The van der Waals surface area contributed by atoms with Crippen molar-refractivity contribution in [2.45, 2.75) is 5.25 Å². The van der Waals surface area contributed by atoms with E-state index in [0.29, 0.717) is 29.4 Å². The first-order valence-electron chi connectivity index (χ1n) is 6.76. The van der Waals surface area contributed by atoms with E-state index in [-0.39, 0.29) is 22.9 Å². The SMILES string of the molecule is COC(=O)[C@@H]1CN(C(=O)c2cc3cc(Cl)ccc3o2)CCS1. The third-order valence-electron chi connectivity index (χ3n) is 3.51. The highest BCUT2D eigenvalue weighted by Gasteiger charge is 2.31. The molecule has 1 saturated heterocycles. The summed E-state index contributed by atoms with van der Waals surface area (Å²) in [6, 6.07) is 6.88. The maximum absolute atomic E-state index is 12.5. The first-order chi connectivity index (χ1) is 10.6. The third kappa shape index (κ3) is 2.94. The Hall–Kier alpha value is -1.66. The summed E-state index contributed by atoms with van der Waals surface area (Å²) in [7, 11) is 1.35. The van der Waals surface area contributed by atoms with Gasteiger partial charge < -0.3 is 14.1 Å². The minimum Gasteiger partial charge on any atom is -0.468 e. The van der Waals surface area contributed by atoms with Crippen LogP contribution in [0, 0.1) is 0 Å². The second-order valence-electron chi connectivity index (χ2n) is 4.93. The van der Waals surface area contributed by atoms with Gasteiger partial charge in [0.15, 0.2) is 5.76 Å². The summed E-state index contributed by atoms with van der Waals surface area (Å²) >= 11 is 7.44. The van der Waals surface area contributed by atoms with Crippen LogP contribution in [0.25, 0.3) is 11.0 Å². The zero-order chi connectivity index (χ0) is 15.7. The van der Waals surface area contributed by atoms with Crippen molar-refractivity contribution >= 4 is 46.2 Å². The molecule has 2 heterocycles. The molecule has 1 atom stereocenters. The first-order valence-corrected chi connectivity index (χ1v) is 8.19. The van der Waals surface area contributed by atoms with Crippen LogP contribution in [0.4, 0.5) is 0 Å². The number of rotatable bonds is 2. The van der Waals surface area contributed by atoms with E-state index in [9.17, 15) is 9.59 Å². The topological polar surface area (TPSA) is 59.8 Å². The Bertz CT molecular complexity index is 729. The van der Waals surface area contributed by atoms with Crippen molar-refractivity contribution in [3.63, 3.8) is 0 Å². The molecule has 5 nitrogen and oxygen atoms in total. The quantitative estimate of drug-likeness (QED) is 0.787. The zero-order valence-corrected chi connectivity index (χ0v) is 13.4. The van der Waals surface area contributed by atoms with Gasteiger partial charge in [0, 0.05) is 29.3 Å². The second-order valence-corrected chi connectivity index (χ2v) is 6.67. The number of hydrogen-bond acceptors (Lipinski definition) is 5. The van der Waals surface area contributed by atoms with Crippen LogP contribution in [0.1, 0.15) is 10.6 Å². The molecule has 0 aliphatic carbocycles. The van der Waals surface area contributed by atoms with E-state index in [2.05, 4.69) is 0 Å². The first kappa shape index (κ1) is 15.2. The summed E-state index contributed by atoms with van der Waals surface area (Å²) < 4.78 is 10.3. The molecule has 7 heteroatoms. The maximum atomic E-state index is 12.5. The van der Waals surface area contributed by atoms with Crippen molar-refractivity contribution in [1.82, 2.24) is 4.90 Å². The summed E-state index contributed by atoms with van der Waals surface area (Å²) in [5.41, 5.74) is 0.614. The Morgan fingerprint density at radius 3 is 3.00 bits per heavy atom. The highest BCUT2D eigenvalue weighted by molar-refractivity contribution is 8.00. The predicted molar refractivity (Wildman–Crippen MR) is 85.4 cm³/mol. The Kier molecular flexibility index (Phi) is 4.31. The van der Waals surface area contributed by atoms with Gasteiger partial charge in [-0.2, -0.15) is 0 Å². The van der Waals surface area contributed by atoms with Gasteiger partial charge in [-0.05, 0) is 24.3 Å². The summed E-state index contributed by atoms with van der Waals surface area (Å²) in [5, 5.41) is 1.03. The standard InChI is InChI=1S/C15H14ClNO4S/c1-20-15(19)13-8-17(4-5-22-13)14(18)12-7-9-6-10(16)2-3-11(9)21-12/h2-3,6-7,13H,4-5,8H2,1H3/t13-/m0/s1. The maximum Gasteiger partial charge on any atom is 0.320 e. The molecule has 22 heavy (non-hydrogen) atoms. The molecule has 0 radical (unpaired) electrons. The van der Waals surface area contributed by atoms with Gasteiger partial charge in [-0.15, -0.1) is 11.8 Å². The zero-order valence-electron chi connectivity index (χ0n) is 11.9. The lowest BCUT2D eigenvalue weighted by Crippen LogP contribution is -2.44. The van der Waals surface area contributed by atoms with Gasteiger partial charge >= 0.3 is 5.97 Å². The molecule has 116 valence electrons. The number of nitrogens with zero attached hydrogens (tertiary/aromatic N) is 1. The Morgan fingerprint density at radius 1 is 1.41 bits per heavy atom. The van der Waals surface area contributed by atoms with Crippen molar-refractivity contribution in [1.29, 1.82) is 0 Å². The van der Waals surface area contributed by atoms with E-state index in [0.717, 1.165) is 5.39 Å². The minimum absolute atomic E-state index is 0.221. The van der Waals surface area contributed by atoms with Crippen LogP contribution in [-0.4, -0.2) is 48.0 Å². The molecule has 1 aromatic heterocycles. The Morgan fingerprint density at radius 2 is 2.23 bits per heavy atom. The Labute approximate surface area is 136 Å². The molecule has 0 unspecified atom stereocenters. The lowest BCUT2D eigenvalue weighted by atomic mass is 10.2. The van der Waals surface area contributed by atoms with Gasteiger partial charge in [-0.1, -0.05) is 11.6 Å². The highest BCUT2D eigenvalue weighted by atomic mass is 35.5. The highest BCUT2D eigenvalue weighted by Crippen LogP contribution is 2.26. The summed E-state index contributed by atoms with van der Waals surface area (Å²) in [4.78, 5) is 25.8. The molecular formula is C15H14ClNO4S. The number of esters is 1. The second kappa shape index (κ2) is 6.22. The van der Waals surface area contributed by atoms with Gasteiger partial charge in [0.25, 0.3) is 5.91 Å². The summed E-state index contributed by atoms with van der Waals surface area (Å²) in [6.45, 7) is 0.906. The Balaban J connectivity index is 1.81. The fourth-order valence-electron chi connectivity index (χ4n) is 2.38. The predicted octanol–water partition coefficient (Wildman–Crippen LogP) is 2.82. The molecular weight excluding hydrogens is 326 g/mol. The van der Waals surface area contributed by atoms with Gasteiger partial charge in [0.2, 0.25) is 0 Å². The number of halogens is 1. The number of amides is 1. The van der Waals surface area contributed by atoms with Crippen LogP contribution < -0.4 is 0 Å². The van der Waals surface area contributed by atoms with E-state index in [1.165, 1.54) is 18.9 Å². The average Bonchev–Trinajstić information content (AvgIpc) is 2.96. The molecule has 2 aromatic rings. The smallest absolute Gasteiger partial charge is 0.320 e. The summed E-state index contributed by atoms with van der Waals surface area (Å²) in [5.74, 6) is 0.422. The summed E-state index contributed by atoms with van der Waals surface area (Å²) in [6.07, 6.45) is 0. The van der Waals surface area contributed by atoms with Gasteiger partial charge in [-0.25, -0.2) is 0 Å². The van der Waals surface area contributed by atoms with E-state index >= 15 is 0 Å². The number of carbonyl (C=O) groups is 2. The van der Waals surface area contributed by atoms with Gasteiger partial charge in [0.1, 0.15) is 10.8 Å². The molecule has 0 saturated carbocycles.